The van der Waals surface area contributed by atoms with Crippen molar-refractivity contribution >= 4 is 28.8 Å². The summed E-state index contributed by atoms with van der Waals surface area (Å²) in [5, 5.41) is 2.93. The molecular formula is C22H27N3O2S. The van der Waals surface area contributed by atoms with E-state index in [0.717, 1.165) is 43.9 Å². The molecule has 2 heterocycles. The monoisotopic (exact) mass is 397 g/mol. The number of nitrogens with one attached hydrogen (secondary N) is 1. The van der Waals surface area contributed by atoms with E-state index in [0.29, 0.717) is 13.0 Å². The van der Waals surface area contributed by atoms with Crippen LogP contribution in [0.5, 0.6) is 0 Å². The maximum Gasteiger partial charge on any atom is 0.261 e. The second-order valence-corrected chi connectivity index (χ2v) is 8.61. The van der Waals surface area contributed by atoms with Crippen LogP contribution in [0.15, 0.2) is 36.4 Å². The Morgan fingerprint density at radius 2 is 1.75 bits per heavy atom. The van der Waals surface area contributed by atoms with E-state index < -0.39 is 0 Å². The van der Waals surface area contributed by atoms with Gasteiger partial charge in [-0.15, -0.1) is 11.3 Å². The molecule has 0 saturated carbocycles. The zero-order chi connectivity index (χ0) is 19.3. The van der Waals surface area contributed by atoms with Crippen LogP contribution in [0.25, 0.3) is 0 Å². The summed E-state index contributed by atoms with van der Waals surface area (Å²) in [6.45, 7) is 3.57. The maximum absolute atomic E-state index is 12.5. The number of amides is 2. The summed E-state index contributed by atoms with van der Waals surface area (Å²) in [5.41, 5.74) is 2.55. The fourth-order valence-corrected chi connectivity index (χ4v) is 5.15. The Balaban J connectivity index is 1.21. The number of para-hydroxylation sites is 1. The lowest BCUT2D eigenvalue weighted by Crippen LogP contribution is -2.49. The van der Waals surface area contributed by atoms with E-state index in [1.165, 1.54) is 29.0 Å². The molecule has 1 saturated heterocycles. The number of carbonyl (C=O) groups excluding carboxylic acids is 2. The second kappa shape index (κ2) is 8.78. The Labute approximate surface area is 170 Å². The summed E-state index contributed by atoms with van der Waals surface area (Å²) in [6.07, 6.45) is 4.99. The van der Waals surface area contributed by atoms with Gasteiger partial charge in [0.05, 0.1) is 4.88 Å². The van der Waals surface area contributed by atoms with Crippen molar-refractivity contribution in [1.82, 2.24) is 10.2 Å². The highest BCUT2D eigenvalue weighted by Gasteiger charge is 2.21. The Kier molecular flexibility index (Phi) is 5.95. The second-order valence-electron chi connectivity index (χ2n) is 7.48. The summed E-state index contributed by atoms with van der Waals surface area (Å²) < 4.78 is 0. The smallest absolute Gasteiger partial charge is 0.261 e. The number of thiophene rings is 1. The van der Waals surface area contributed by atoms with Crippen molar-refractivity contribution < 1.29 is 9.59 Å². The lowest BCUT2D eigenvalue weighted by molar-refractivity contribution is -0.131. The van der Waals surface area contributed by atoms with Crippen LogP contribution in [0.1, 0.15) is 39.4 Å². The molecule has 1 fully saturated rings. The molecule has 4 rings (SSSR count). The van der Waals surface area contributed by atoms with Crippen LogP contribution in [0.4, 0.5) is 5.69 Å². The molecule has 1 N–H and O–H groups in total. The third-order valence-corrected chi connectivity index (χ3v) is 6.83. The first kappa shape index (κ1) is 19.0. The predicted octanol–water partition coefficient (Wildman–Crippen LogP) is 3.10. The third kappa shape index (κ3) is 4.38. The predicted molar refractivity (Wildman–Crippen MR) is 113 cm³/mol. The number of anilines is 1. The maximum atomic E-state index is 12.5. The highest BCUT2D eigenvalue weighted by molar-refractivity contribution is 7.14. The van der Waals surface area contributed by atoms with Gasteiger partial charge in [0.15, 0.2) is 0 Å². The molecule has 148 valence electrons. The van der Waals surface area contributed by atoms with E-state index in [-0.39, 0.29) is 11.8 Å². The van der Waals surface area contributed by atoms with Gasteiger partial charge in [-0.3, -0.25) is 9.59 Å². The fourth-order valence-electron chi connectivity index (χ4n) is 3.98. The first-order valence-corrected chi connectivity index (χ1v) is 11.0. The first-order valence-electron chi connectivity index (χ1n) is 10.2. The quantitative estimate of drug-likeness (QED) is 0.844. The number of hydrogen-bond donors (Lipinski definition) is 1. The Morgan fingerprint density at radius 3 is 2.50 bits per heavy atom. The van der Waals surface area contributed by atoms with Gasteiger partial charge in [-0.2, -0.15) is 0 Å². The van der Waals surface area contributed by atoms with Crippen molar-refractivity contribution in [2.75, 3.05) is 37.6 Å². The molecule has 1 aromatic carbocycles. The molecule has 0 atom stereocenters. The first-order chi connectivity index (χ1) is 13.7. The van der Waals surface area contributed by atoms with Gasteiger partial charge in [0.2, 0.25) is 5.91 Å². The minimum absolute atomic E-state index is 0.0407. The molecule has 2 aliphatic rings. The molecule has 1 aromatic heterocycles. The highest BCUT2D eigenvalue weighted by Crippen LogP contribution is 2.29. The van der Waals surface area contributed by atoms with Crippen LogP contribution in [0, 0.1) is 0 Å². The molecule has 28 heavy (non-hydrogen) atoms. The molecule has 1 aliphatic carbocycles. The largest absolute Gasteiger partial charge is 0.368 e. The van der Waals surface area contributed by atoms with E-state index in [9.17, 15) is 9.59 Å². The number of fused-ring (bicyclic) bond motifs is 1. The minimum atomic E-state index is -0.0407. The Bertz CT molecular complexity index is 802. The fraction of sp³-hybridized carbons (Fsp3) is 0.455. The van der Waals surface area contributed by atoms with Crippen LogP contribution in [0.3, 0.4) is 0 Å². The van der Waals surface area contributed by atoms with Crippen molar-refractivity contribution in [2.45, 2.75) is 32.1 Å². The third-order valence-electron chi connectivity index (χ3n) is 5.60. The molecule has 6 heteroatoms. The van der Waals surface area contributed by atoms with Gasteiger partial charge in [0, 0.05) is 49.7 Å². The summed E-state index contributed by atoms with van der Waals surface area (Å²) >= 11 is 1.62. The average Bonchev–Trinajstić information content (AvgIpc) is 3.19. The Morgan fingerprint density at radius 1 is 1.00 bits per heavy atom. The van der Waals surface area contributed by atoms with Crippen LogP contribution in [0.2, 0.25) is 0 Å². The van der Waals surface area contributed by atoms with Crippen LogP contribution >= 0.6 is 11.3 Å². The van der Waals surface area contributed by atoms with Gasteiger partial charge in [0.1, 0.15) is 0 Å². The average molecular weight is 398 g/mol. The normalized spacial score (nSPS) is 16.6. The number of rotatable bonds is 5. The van der Waals surface area contributed by atoms with Crippen molar-refractivity contribution in [3.05, 3.63) is 51.7 Å². The van der Waals surface area contributed by atoms with Gasteiger partial charge in [-0.1, -0.05) is 18.2 Å². The number of carbonyl (C=O) groups is 2. The number of nitrogens with zero attached hydrogens (tertiary/aromatic N) is 2. The van der Waals surface area contributed by atoms with Crippen LogP contribution in [-0.4, -0.2) is 49.4 Å². The molecule has 5 nitrogen and oxygen atoms in total. The molecule has 2 amide bonds. The molecule has 0 unspecified atom stereocenters. The van der Waals surface area contributed by atoms with Crippen LogP contribution in [-0.2, 0) is 17.6 Å². The topological polar surface area (TPSA) is 52.7 Å². The molecule has 2 aromatic rings. The number of piperazine rings is 1. The molecule has 0 bridgehead atoms. The van der Waals surface area contributed by atoms with Gasteiger partial charge in [-0.25, -0.2) is 0 Å². The van der Waals surface area contributed by atoms with Gasteiger partial charge in [-0.05, 0) is 49.4 Å². The Hall–Kier alpha value is -2.34. The van der Waals surface area contributed by atoms with E-state index >= 15 is 0 Å². The lowest BCUT2D eigenvalue weighted by Gasteiger charge is -2.36. The van der Waals surface area contributed by atoms with E-state index in [4.69, 9.17) is 0 Å². The van der Waals surface area contributed by atoms with E-state index in [1.807, 2.05) is 29.2 Å². The lowest BCUT2D eigenvalue weighted by atomic mass is 9.99. The SMILES string of the molecule is O=C(NCCC(=O)N1CCN(c2ccccc2)CC1)c1cc2c(s1)CCCC2. The van der Waals surface area contributed by atoms with Crippen molar-refractivity contribution in [1.29, 1.82) is 0 Å². The minimum Gasteiger partial charge on any atom is -0.368 e. The van der Waals surface area contributed by atoms with Crippen molar-refractivity contribution in [3.8, 4) is 0 Å². The van der Waals surface area contributed by atoms with E-state index in [1.54, 1.807) is 11.3 Å². The van der Waals surface area contributed by atoms with Crippen molar-refractivity contribution in [2.24, 2.45) is 0 Å². The molecule has 0 spiro atoms. The summed E-state index contributed by atoms with van der Waals surface area (Å²) in [7, 11) is 0. The standard InChI is InChI=1S/C22H27N3O2S/c26-21(25-14-12-24(13-15-25)18-7-2-1-3-8-18)10-11-23-22(27)20-16-17-6-4-5-9-19(17)28-20/h1-3,7-8,16H,4-6,9-15H2,(H,23,27). The van der Waals surface area contributed by atoms with E-state index in [2.05, 4.69) is 22.3 Å². The molecule has 0 radical (unpaired) electrons. The van der Waals surface area contributed by atoms with Crippen LogP contribution < -0.4 is 10.2 Å². The van der Waals surface area contributed by atoms with Gasteiger partial charge >= 0.3 is 0 Å². The summed E-state index contributed by atoms with van der Waals surface area (Å²) in [5.74, 6) is 0.0829. The number of aryl methyl sites for hydroxylation is 2. The van der Waals surface area contributed by atoms with Gasteiger partial charge in [0.25, 0.3) is 5.91 Å². The summed E-state index contributed by atoms with van der Waals surface area (Å²) in [6, 6.07) is 12.4. The molecule has 1 aliphatic heterocycles. The number of hydrogen-bond acceptors (Lipinski definition) is 4. The van der Waals surface area contributed by atoms with Gasteiger partial charge < -0.3 is 15.1 Å². The molecular weight excluding hydrogens is 370 g/mol. The van der Waals surface area contributed by atoms with Crippen molar-refractivity contribution in [3.63, 3.8) is 0 Å². The number of benzene rings is 1. The summed E-state index contributed by atoms with van der Waals surface area (Å²) in [4.78, 5) is 31.2. The zero-order valence-corrected chi connectivity index (χ0v) is 17.0. The highest BCUT2D eigenvalue weighted by atomic mass is 32.1. The zero-order valence-electron chi connectivity index (χ0n) is 16.2.